The monoisotopic (exact) mass is 866 g/mol. The Hall–Kier alpha value is -0.927. The van der Waals surface area contributed by atoms with Crippen molar-refractivity contribution in [1.29, 1.82) is 0 Å². The van der Waals surface area contributed by atoms with Gasteiger partial charge >= 0.3 is 339 Å². The van der Waals surface area contributed by atoms with E-state index in [1.165, 1.54) is 57.3 Å². The average molecular weight is 867 g/mol. The molecule has 4 saturated carbocycles. The fourth-order valence-electron chi connectivity index (χ4n) is 32.4. The number of hydrogen-bond acceptors (Lipinski definition) is 2. The van der Waals surface area contributed by atoms with Crippen molar-refractivity contribution in [3.63, 3.8) is 0 Å². The Kier molecular flexibility index (Phi) is 3.35. The van der Waals surface area contributed by atoms with Crippen LogP contribution in [0.1, 0.15) is 64.3 Å². The predicted molar refractivity (Wildman–Crippen MR) is 246 cm³/mol. The first-order chi connectivity index (χ1) is 26.7. The average Bonchev–Trinajstić information content (AvgIpc) is 4.10. The zero-order valence-electron chi connectivity index (χ0n) is 35.8. The van der Waals surface area contributed by atoms with Crippen LogP contribution in [0.15, 0.2) is 72.8 Å². The number of nitrogens with zero attached hydrogens (tertiary/aromatic N) is 2. The van der Waals surface area contributed by atoms with Crippen LogP contribution in [0.25, 0.3) is 21.8 Å². The van der Waals surface area contributed by atoms with E-state index in [1.807, 2.05) is 0 Å². The fraction of sp³-hybridized carbons (Fsp3) is 0.640. The van der Waals surface area contributed by atoms with Gasteiger partial charge in [-0.05, 0) is 0 Å². The Morgan fingerprint density at radius 3 is 1.56 bits per heavy atom. The van der Waals surface area contributed by atoms with Gasteiger partial charge < -0.3 is 0 Å². The Balaban J connectivity index is 1.01. The van der Waals surface area contributed by atoms with Gasteiger partial charge in [-0.1, -0.05) is 0 Å². The second-order valence-electron chi connectivity index (χ2n) is 27.8. The third kappa shape index (κ3) is 1.10. The van der Waals surface area contributed by atoms with E-state index in [9.17, 15) is 0 Å². The van der Waals surface area contributed by atoms with Gasteiger partial charge in [0.1, 0.15) is 0 Å². The number of rotatable bonds is 8. The Morgan fingerprint density at radius 1 is 0.667 bits per heavy atom. The molecule has 10 aliphatic heterocycles. The van der Waals surface area contributed by atoms with Crippen LogP contribution in [-0.2, 0) is 11.7 Å². The Labute approximate surface area is 337 Å². The van der Waals surface area contributed by atoms with Crippen LogP contribution < -0.4 is 0 Å². The summed E-state index contributed by atoms with van der Waals surface area (Å²) in [5.41, 5.74) is 6.16. The summed E-state index contributed by atoms with van der Waals surface area (Å²) in [6.07, 6.45) is 9.57. The molecule has 0 radical (unpaired) electrons. The second-order valence-corrected chi connectivity index (χ2v) is 66.1. The van der Waals surface area contributed by atoms with Crippen molar-refractivity contribution in [3.05, 3.63) is 84.2 Å². The Morgan fingerprint density at radius 2 is 1.14 bits per heavy atom. The summed E-state index contributed by atoms with van der Waals surface area (Å²) < 4.78 is 2.62. The topological polar surface area (TPSA) is 25.8 Å². The van der Waals surface area contributed by atoms with Crippen molar-refractivity contribution in [2.45, 2.75) is 154 Å². The molecule has 2 nitrogen and oxygen atoms in total. The molecule has 7 unspecified atom stereocenters. The number of para-hydroxylation sites is 2. The van der Waals surface area contributed by atoms with E-state index in [0.717, 1.165) is 42.0 Å². The maximum atomic E-state index is 5.96. The number of aromatic nitrogens is 2. The van der Waals surface area contributed by atoms with Gasteiger partial charge in [-0.15, -0.1) is 0 Å². The van der Waals surface area contributed by atoms with Gasteiger partial charge in [0.15, 0.2) is 0 Å². The Bertz CT molecular complexity index is 2980. The fourth-order valence-corrected chi connectivity index (χ4v) is 179. The van der Waals surface area contributed by atoms with Crippen molar-refractivity contribution < 1.29 is 6.51 Å². The third-order valence-electron chi connectivity index (χ3n) is 28.0. The minimum absolute atomic E-state index is 0.146. The van der Waals surface area contributed by atoms with E-state index in [2.05, 4.69) is 142 Å². The van der Waals surface area contributed by atoms with Crippen LogP contribution in [0.5, 0.6) is 0 Å². The summed E-state index contributed by atoms with van der Waals surface area (Å²) in [5, 5.41) is 2.75. The number of benzene rings is 2. The number of pyridine rings is 2. The molecular formula is C50H64FeN2P2Si2. The van der Waals surface area contributed by atoms with Crippen LogP contribution in [0.2, 0.25) is 84.7 Å². The molecule has 12 heterocycles. The summed E-state index contributed by atoms with van der Waals surface area (Å²) >= 11 is 0. The molecule has 4 bridgehead atoms. The van der Waals surface area contributed by atoms with Crippen LogP contribution in [0, 0.1) is 23.7 Å². The van der Waals surface area contributed by atoms with Gasteiger partial charge in [0.05, 0.1) is 0 Å². The molecule has 2 aromatic heterocycles. The summed E-state index contributed by atoms with van der Waals surface area (Å²) in [6, 6.07) is 28.1. The van der Waals surface area contributed by atoms with Crippen molar-refractivity contribution in [2.75, 3.05) is 6.16 Å². The quantitative estimate of drug-likeness (QED) is 0.130. The first kappa shape index (κ1) is 32.7. The summed E-state index contributed by atoms with van der Waals surface area (Å²) in [7, 11) is 0.460. The molecular weight excluding hydrogens is 803 g/mol. The van der Waals surface area contributed by atoms with Crippen LogP contribution in [0.3, 0.4) is 0 Å². The molecule has 1 spiro atoms. The van der Waals surface area contributed by atoms with Crippen molar-refractivity contribution >= 4 is 55.1 Å². The van der Waals surface area contributed by atoms with E-state index >= 15 is 0 Å². The van der Waals surface area contributed by atoms with Crippen molar-refractivity contribution in [3.8, 4) is 0 Å². The van der Waals surface area contributed by atoms with E-state index < -0.39 is 22.7 Å². The first-order valence-corrected chi connectivity index (χ1v) is 38.4. The molecule has 0 N–H and O–H groups in total. The zero-order chi connectivity index (χ0) is 38.9. The normalized spacial score (nSPS) is 59.4. The molecule has 57 heavy (non-hydrogen) atoms. The molecule has 7 atom stereocenters. The van der Waals surface area contributed by atoms with E-state index in [4.69, 9.17) is 9.97 Å². The molecule has 14 aliphatic rings. The summed E-state index contributed by atoms with van der Waals surface area (Å²) in [5.74, 6) is 4.15. The second kappa shape index (κ2) is 5.84. The molecule has 7 heteroatoms. The third-order valence-corrected chi connectivity index (χ3v) is 96.5. The van der Waals surface area contributed by atoms with Gasteiger partial charge in [-0.2, -0.15) is 0 Å². The maximum absolute atomic E-state index is 5.96. The van der Waals surface area contributed by atoms with Gasteiger partial charge in [-0.25, -0.2) is 0 Å². The van der Waals surface area contributed by atoms with Gasteiger partial charge in [0, 0.05) is 0 Å². The summed E-state index contributed by atoms with van der Waals surface area (Å²) in [6.45, 7) is 21.5. The predicted octanol–water partition coefficient (Wildman–Crippen LogP) is 14.6. The standard InChI is InChI=1S/C45H59N2P2Si2.C5H5.Fe/c1-44(2,3)49(42-33-23-29-22-30(25-33)26-34(42)24-29)28-35-36(27-39(50(4,5)6)43(35)51(7,8)9)45(48,40-20-18-31-14-10-12-16-37(31)46-40)41-21-19-32-15-11-13-17-38(32)47-41;1-2-4-5-3-1;/h10-21,27,29-30,33-34,42H,22-26,28,48H2,1-9H3;1-5H;. The van der Waals surface area contributed by atoms with E-state index in [-0.39, 0.29) is 13.1 Å². The molecule has 18 rings (SSSR count). The SMILES string of the molecule is CC(C)(C)P(C[C]12[C]3(C(P)(c4ccc5ccccc5n4)c4ccc5ccccc5n4)[CH]4[C]5([Si](C)(C)C)[C]1([Si](C)(C)C)[Fe]42351678[CH]2[CH]1[CH]6[CH]7[CH]28)C1C2CC3CC(C2)CC1C3. The summed E-state index contributed by atoms with van der Waals surface area (Å²) in [4.78, 5) is 18.9. The van der Waals surface area contributed by atoms with Crippen LogP contribution in [-0.4, -0.2) is 43.1 Å². The minimum atomic E-state index is -4.73. The molecule has 4 aromatic rings. The number of fused-ring (bicyclic) bond motifs is 12. The van der Waals surface area contributed by atoms with Crippen LogP contribution >= 0.6 is 17.2 Å². The van der Waals surface area contributed by atoms with Crippen molar-refractivity contribution in [2.24, 2.45) is 23.7 Å². The molecule has 4 aliphatic carbocycles. The molecule has 10 saturated heterocycles. The molecule has 14 fully saturated rings. The first-order valence-electron chi connectivity index (χ1n) is 23.2. The molecule has 300 valence electrons. The molecule has 0 amide bonds. The van der Waals surface area contributed by atoms with E-state index in [1.54, 1.807) is 38.3 Å². The van der Waals surface area contributed by atoms with Gasteiger partial charge in [0.2, 0.25) is 0 Å². The van der Waals surface area contributed by atoms with Gasteiger partial charge in [0.25, 0.3) is 0 Å². The number of hydrogen-bond donors (Lipinski definition) is 0. The van der Waals surface area contributed by atoms with Crippen LogP contribution in [0.4, 0.5) is 0 Å². The van der Waals surface area contributed by atoms with Crippen molar-refractivity contribution in [1.82, 2.24) is 9.97 Å². The zero-order valence-corrected chi connectivity index (χ0v) is 40.9. The molecule has 2 aromatic carbocycles. The van der Waals surface area contributed by atoms with E-state index in [0.29, 0.717) is 13.8 Å². The van der Waals surface area contributed by atoms with Gasteiger partial charge in [-0.3, -0.25) is 0 Å².